The first-order chi connectivity index (χ1) is 28.2. The fourth-order valence-electron chi connectivity index (χ4n) is 7.02. The standard InChI is InChI=1S/C40H49N13O6/c1-8-52-29(17-23(3)46-52)37(56)44-39-48(5)27-19-25(35(42)54)21-31(58-7)33(27)50(39)14-10-11-15-51-34-28(20-26(36(43)55)22-32(34)59-16-12-13-41)49(6)40(51)45-38(57)30-18-24(4)47-53(30)9-2/h10-11,17-22H,8-9,12-16,41H2,1-7H3,(H2,42,54)(H2,43,55)/b11-10+,44-39?,45-40?. The van der Waals surface area contributed by atoms with Crippen molar-refractivity contribution in [3.8, 4) is 11.5 Å². The number of amides is 4. The van der Waals surface area contributed by atoms with Crippen molar-refractivity contribution < 1.29 is 28.7 Å². The number of primary amides is 2. The summed E-state index contributed by atoms with van der Waals surface area (Å²) in [5.74, 6) is -1.62. The van der Waals surface area contributed by atoms with Crippen molar-refractivity contribution in [2.45, 2.75) is 60.3 Å². The highest BCUT2D eigenvalue weighted by atomic mass is 16.5. The van der Waals surface area contributed by atoms with Crippen LogP contribution in [0.1, 0.15) is 73.3 Å². The van der Waals surface area contributed by atoms with Crippen LogP contribution < -0.4 is 37.9 Å². The molecule has 0 saturated carbocycles. The summed E-state index contributed by atoms with van der Waals surface area (Å²) in [7, 11) is 4.95. The smallest absolute Gasteiger partial charge is 0.298 e. The minimum absolute atomic E-state index is 0.174. The molecule has 0 aliphatic heterocycles. The molecule has 310 valence electrons. The van der Waals surface area contributed by atoms with Crippen LogP contribution in [-0.2, 0) is 40.3 Å². The molecule has 0 atom stereocenters. The molecule has 0 bridgehead atoms. The number of rotatable bonds is 15. The van der Waals surface area contributed by atoms with Crippen LogP contribution in [0.4, 0.5) is 0 Å². The Kier molecular flexibility index (Phi) is 12.1. The van der Waals surface area contributed by atoms with Gasteiger partial charge in [-0.3, -0.25) is 28.5 Å². The number of carbonyl (C=O) groups excluding carboxylic acids is 4. The maximum atomic E-state index is 13.8. The number of fused-ring (bicyclic) bond motifs is 2. The first kappa shape index (κ1) is 41.6. The van der Waals surface area contributed by atoms with Gasteiger partial charge in [-0.05, 0) is 77.1 Å². The minimum atomic E-state index is -0.653. The number of benzene rings is 2. The summed E-state index contributed by atoms with van der Waals surface area (Å²) in [5.41, 5.74) is 22.4. The molecule has 6 N–H and O–H groups in total. The number of hydrogen-bond acceptors (Lipinski definition) is 9. The van der Waals surface area contributed by atoms with Crippen molar-refractivity contribution in [1.82, 2.24) is 37.8 Å². The average Bonchev–Trinajstić information content (AvgIpc) is 3.94. The van der Waals surface area contributed by atoms with Crippen LogP contribution in [0.15, 0.2) is 58.5 Å². The molecule has 4 heterocycles. The van der Waals surface area contributed by atoms with E-state index in [4.69, 9.17) is 26.7 Å². The van der Waals surface area contributed by atoms with Gasteiger partial charge in [0.25, 0.3) is 11.8 Å². The van der Waals surface area contributed by atoms with Gasteiger partial charge in [-0.25, -0.2) is 0 Å². The van der Waals surface area contributed by atoms with Gasteiger partial charge >= 0.3 is 0 Å². The summed E-state index contributed by atoms with van der Waals surface area (Å²) in [6.07, 6.45) is 4.28. The third kappa shape index (κ3) is 8.09. The fourth-order valence-corrected chi connectivity index (χ4v) is 7.02. The van der Waals surface area contributed by atoms with Crippen LogP contribution in [0.5, 0.6) is 11.5 Å². The van der Waals surface area contributed by atoms with Gasteiger partial charge in [0, 0.05) is 51.4 Å². The summed E-state index contributed by atoms with van der Waals surface area (Å²) in [6, 6.07) is 9.73. The molecule has 0 aliphatic rings. The summed E-state index contributed by atoms with van der Waals surface area (Å²) < 4.78 is 22.1. The van der Waals surface area contributed by atoms with E-state index in [1.165, 1.54) is 7.11 Å². The van der Waals surface area contributed by atoms with Gasteiger partial charge in [-0.1, -0.05) is 12.2 Å². The number of allylic oxidation sites excluding steroid dienone is 2. The number of nitrogens with two attached hydrogens (primary N) is 3. The first-order valence-corrected chi connectivity index (χ1v) is 19.1. The molecule has 2 aromatic carbocycles. The molecule has 4 aromatic heterocycles. The lowest BCUT2D eigenvalue weighted by Crippen LogP contribution is -2.27. The second kappa shape index (κ2) is 17.2. The molecule has 0 aliphatic carbocycles. The molecule has 0 fully saturated rings. The number of methoxy groups -OCH3 is 1. The predicted molar refractivity (Wildman–Crippen MR) is 219 cm³/mol. The average molecular weight is 808 g/mol. The molecule has 6 rings (SSSR count). The van der Waals surface area contributed by atoms with Crippen molar-refractivity contribution in [1.29, 1.82) is 0 Å². The third-order valence-corrected chi connectivity index (χ3v) is 9.84. The highest BCUT2D eigenvalue weighted by molar-refractivity contribution is 6.00. The molecular formula is C40H49N13O6. The SMILES string of the molecule is CCn1nc(C)cc1C(=O)N=c1n(C)c2cc(C(N)=O)cc(OC)c2n1C/C=C/Cn1c(=NC(=O)c2cc(C)nn2CC)n(C)c2cc(C(N)=O)cc(OCCCN)c21. The zero-order valence-electron chi connectivity index (χ0n) is 34.2. The normalized spacial score (nSPS) is 12.4. The van der Waals surface area contributed by atoms with E-state index < -0.39 is 23.6 Å². The Bertz CT molecular complexity index is 2810. The van der Waals surface area contributed by atoms with Crippen LogP contribution in [0.3, 0.4) is 0 Å². The van der Waals surface area contributed by atoms with Crippen LogP contribution in [0, 0.1) is 13.8 Å². The molecule has 0 radical (unpaired) electrons. The van der Waals surface area contributed by atoms with Crippen molar-refractivity contribution in [3.05, 3.63) is 93.7 Å². The van der Waals surface area contributed by atoms with E-state index in [9.17, 15) is 19.2 Å². The molecule has 19 nitrogen and oxygen atoms in total. The van der Waals surface area contributed by atoms with E-state index in [0.29, 0.717) is 82.4 Å². The van der Waals surface area contributed by atoms with Crippen LogP contribution in [0.25, 0.3) is 22.1 Å². The van der Waals surface area contributed by atoms with Crippen molar-refractivity contribution in [3.63, 3.8) is 0 Å². The summed E-state index contributed by atoms with van der Waals surface area (Å²) in [5, 5.41) is 8.82. The molecule has 0 spiro atoms. The summed E-state index contributed by atoms with van der Waals surface area (Å²) in [4.78, 5) is 61.5. The van der Waals surface area contributed by atoms with Crippen LogP contribution >= 0.6 is 0 Å². The number of hydrogen-bond donors (Lipinski definition) is 3. The Balaban J connectivity index is 1.52. The van der Waals surface area contributed by atoms with Gasteiger partial charge in [0.1, 0.15) is 33.9 Å². The van der Waals surface area contributed by atoms with Crippen molar-refractivity contribution in [2.75, 3.05) is 20.3 Å². The Hall–Kier alpha value is -7.02. The highest BCUT2D eigenvalue weighted by Gasteiger charge is 2.22. The van der Waals surface area contributed by atoms with E-state index in [2.05, 4.69) is 20.2 Å². The number of nitrogens with zero attached hydrogens (tertiary/aromatic N) is 10. The van der Waals surface area contributed by atoms with E-state index in [0.717, 1.165) is 0 Å². The first-order valence-electron chi connectivity index (χ1n) is 19.1. The van der Waals surface area contributed by atoms with Crippen LogP contribution in [-0.4, -0.2) is 81.7 Å². The predicted octanol–water partition coefficient (Wildman–Crippen LogP) is 2.00. The van der Waals surface area contributed by atoms with Crippen molar-refractivity contribution >= 4 is 45.7 Å². The van der Waals surface area contributed by atoms with Gasteiger partial charge in [-0.15, -0.1) is 0 Å². The van der Waals surface area contributed by atoms with E-state index in [1.807, 2.05) is 30.6 Å². The van der Waals surface area contributed by atoms with E-state index in [1.54, 1.807) is 87.4 Å². The number of aryl methyl sites for hydroxylation is 6. The summed E-state index contributed by atoms with van der Waals surface area (Å²) in [6.45, 7) is 9.31. The molecular weight excluding hydrogens is 759 g/mol. The third-order valence-electron chi connectivity index (χ3n) is 9.84. The molecule has 6 aromatic rings. The summed E-state index contributed by atoms with van der Waals surface area (Å²) >= 11 is 0. The Morgan fingerprint density at radius 3 is 1.56 bits per heavy atom. The Morgan fingerprint density at radius 2 is 1.15 bits per heavy atom. The zero-order chi connectivity index (χ0) is 42.7. The van der Waals surface area contributed by atoms with Gasteiger partial charge in [0.15, 0.2) is 0 Å². The largest absolute Gasteiger partial charge is 0.494 e. The number of imidazole rings is 2. The van der Waals surface area contributed by atoms with Crippen LogP contribution in [0.2, 0.25) is 0 Å². The lowest BCUT2D eigenvalue weighted by Gasteiger charge is -2.11. The minimum Gasteiger partial charge on any atom is -0.494 e. The topological polar surface area (TPSA) is 245 Å². The maximum Gasteiger partial charge on any atom is 0.298 e. The number of carbonyl (C=O) groups is 4. The van der Waals surface area contributed by atoms with E-state index >= 15 is 0 Å². The van der Waals surface area contributed by atoms with E-state index in [-0.39, 0.29) is 42.1 Å². The van der Waals surface area contributed by atoms with Gasteiger partial charge in [0.2, 0.25) is 23.1 Å². The molecule has 19 heteroatoms. The Morgan fingerprint density at radius 1 is 0.712 bits per heavy atom. The molecule has 4 amide bonds. The molecule has 0 saturated heterocycles. The molecule has 59 heavy (non-hydrogen) atoms. The van der Waals surface area contributed by atoms with Gasteiger partial charge in [0.05, 0.1) is 36.1 Å². The number of aromatic nitrogens is 8. The monoisotopic (exact) mass is 807 g/mol. The highest BCUT2D eigenvalue weighted by Crippen LogP contribution is 2.29. The lowest BCUT2D eigenvalue weighted by molar-refractivity contribution is 0.0977. The Labute approximate surface area is 338 Å². The van der Waals surface area contributed by atoms with Crippen molar-refractivity contribution in [2.24, 2.45) is 41.3 Å². The maximum absolute atomic E-state index is 13.8. The second-order valence-electron chi connectivity index (χ2n) is 13.8. The van der Waals surface area contributed by atoms with Gasteiger partial charge < -0.3 is 44.9 Å². The lowest BCUT2D eigenvalue weighted by atomic mass is 10.1. The second-order valence-corrected chi connectivity index (χ2v) is 13.8. The molecule has 0 unspecified atom stereocenters. The quantitative estimate of drug-likeness (QED) is 0.101. The number of ether oxygens (including phenoxy) is 2. The zero-order valence-corrected chi connectivity index (χ0v) is 34.2. The van der Waals surface area contributed by atoms with Gasteiger partial charge in [-0.2, -0.15) is 20.2 Å². The fraction of sp³-hybridized carbons (Fsp3) is 0.350.